The third-order valence-electron chi connectivity index (χ3n) is 3.89. The van der Waals surface area contributed by atoms with Crippen LogP contribution in [0.25, 0.3) is 6.08 Å². The molecule has 21 heavy (non-hydrogen) atoms. The first-order valence-electron chi connectivity index (χ1n) is 6.87. The van der Waals surface area contributed by atoms with Gasteiger partial charge in [-0.15, -0.1) is 0 Å². The fourth-order valence-electron chi connectivity index (χ4n) is 2.66. The molecule has 1 fully saturated rings. The highest BCUT2D eigenvalue weighted by atomic mass is 19.4. The van der Waals surface area contributed by atoms with Crippen LogP contribution in [0.15, 0.2) is 24.3 Å². The Kier molecular flexibility index (Phi) is 3.49. The molecule has 3 nitrogen and oxygen atoms in total. The summed E-state index contributed by atoms with van der Waals surface area (Å²) >= 11 is 0. The van der Waals surface area contributed by atoms with Crippen LogP contribution in [0.4, 0.5) is 18.9 Å². The lowest BCUT2D eigenvalue weighted by atomic mass is 10.0. The SMILES string of the molecule is O=C1CC=Cc2c(cccc2C(F)(F)F)N1CC1CCN1. The minimum atomic E-state index is -4.43. The van der Waals surface area contributed by atoms with E-state index < -0.39 is 11.7 Å². The molecule has 6 heteroatoms. The Morgan fingerprint density at radius 3 is 2.71 bits per heavy atom. The van der Waals surface area contributed by atoms with Crippen molar-refractivity contribution in [2.75, 3.05) is 18.0 Å². The summed E-state index contributed by atoms with van der Waals surface area (Å²) in [4.78, 5) is 13.7. The minimum absolute atomic E-state index is 0.0789. The number of rotatable bonds is 2. The summed E-state index contributed by atoms with van der Waals surface area (Å²) in [6, 6.07) is 4.15. The normalized spacial score (nSPS) is 21.8. The van der Waals surface area contributed by atoms with E-state index in [4.69, 9.17) is 0 Å². The van der Waals surface area contributed by atoms with E-state index in [-0.39, 0.29) is 23.9 Å². The van der Waals surface area contributed by atoms with Gasteiger partial charge in [0.05, 0.1) is 11.3 Å². The first kappa shape index (κ1) is 14.1. The molecule has 3 rings (SSSR count). The van der Waals surface area contributed by atoms with E-state index in [0.717, 1.165) is 19.0 Å². The van der Waals surface area contributed by atoms with Gasteiger partial charge in [0.1, 0.15) is 0 Å². The highest BCUT2D eigenvalue weighted by Gasteiger charge is 2.36. The number of nitrogens with zero attached hydrogens (tertiary/aromatic N) is 1. The van der Waals surface area contributed by atoms with Crippen molar-refractivity contribution in [2.45, 2.75) is 25.1 Å². The zero-order valence-electron chi connectivity index (χ0n) is 11.3. The molecular formula is C15H15F3N2O. The van der Waals surface area contributed by atoms with Gasteiger partial charge >= 0.3 is 6.18 Å². The van der Waals surface area contributed by atoms with Gasteiger partial charge in [-0.3, -0.25) is 4.79 Å². The Balaban J connectivity index is 2.04. The average molecular weight is 296 g/mol. The molecule has 1 aromatic rings. The first-order chi connectivity index (χ1) is 9.97. The van der Waals surface area contributed by atoms with Crippen molar-refractivity contribution >= 4 is 17.7 Å². The lowest BCUT2D eigenvalue weighted by Crippen LogP contribution is -2.51. The molecule has 0 radical (unpaired) electrons. The zero-order chi connectivity index (χ0) is 15.0. The summed E-state index contributed by atoms with van der Waals surface area (Å²) < 4.78 is 39.4. The van der Waals surface area contributed by atoms with E-state index in [0.29, 0.717) is 12.2 Å². The Hall–Kier alpha value is -1.82. The largest absolute Gasteiger partial charge is 0.417 e. The maximum absolute atomic E-state index is 13.1. The Bertz CT molecular complexity index is 591. The molecule has 2 aliphatic rings. The molecule has 0 aliphatic carbocycles. The number of carbonyl (C=O) groups excluding carboxylic acids is 1. The number of anilines is 1. The number of alkyl halides is 3. The van der Waals surface area contributed by atoms with Crippen LogP contribution in [-0.4, -0.2) is 25.0 Å². The number of benzene rings is 1. The van der Waals surface area contributed by atoms with Crippen LogP contribution in [0.5, 0.6) is 0 Å². The molecule has 1 amide bonds. The van der Waals surface area contributed by atoms with Crippen molar-refractivity contribution in [1.82, 2.24) is 5.32 Å². The van der Waals surface area contributed by atoms with Crippen molar-refractivity contribution in [3.63, 3.8) is 0 Å². The topological polar surface area (TPSA) is 32.3 Å². The fraction of sp³-hybridized carbons (Fsp3) is 0.400. The summed E-state index contributed by atoms with van der Waals surface area (Å²) in [7, 11) is 0. The summed E-state index contributed by atoms with van der Waals surface area (Å²) in [5, 5.41) is 3.17. The molecular weight excluding hydrogens is 281 g/mol. The number of hydrogen-bond donors (Lipinski definition) is 1. The van der Waals surface area contributed by atoms with Gasteiger partial charge in [0.2, 0.25) is 5.91 Å². The van der Waals surface area contributed by atoms with Gasteiger partial charge < -0.3 is 10.2 Å². The fourth-order valence-corrected chi connectivity index (χ4v) is 2.66. The third-order valence-corrected chi connectivity index (χ3v) is 3.89. The standard InChI is InChI=1S/C15H15F3N2O/c16-15(17,18)12-4-2-5-13-11(12)3-1-6-14(21)20(13)9-10-7-8-19-10/h1-5,10,19H,6-9H2. The average Bonchev–Trinajstić information content (AvgIpc) is 2.51. The number of amides is 1. The predicted octanol–water partition coefficient (Wildman–Crippen LogP) is 2.82. The number of nitrogens with one attached hydrogen (secondary N) is 1. The highest BCUT2D eigenvalue weighted by Crippen LogP contribution is 2.38. The zero-order valence-corrected chi connectivity index (χ0v) is 11.3. The summed E-state index contributed by atoms with van der Waals surface area (Å²) in [5.74, 6) is -0.168. The summed E-state index contributed by atoms with van der Waals surface area (Å²) in [5.41, 5.74) is -0.273. The first-order valence-corrected chi connectivity index (χ1v) is 6.87. The smallest absolute Gasteiger partial charge is 0.312 e. The van der Waals surface area contributed by atoms with Gasteiger partial charge in [-0.2, -0.15) is 13.2 Å². The van der Waals surface area contributed by atoms with Crippen molar-refractivity contribution < 1.29 is 18.0 Å². The maximum atomic E-state index is 13.1. The lowest BCUT2D eigenvalue weighted by Gasteiger charge is -2.34. The van der Waals surface area contributed by atoms with Crippen LogP contribution in [0.2, 0.25) is 0 Å². The number of hydrogen-bond acceptors (Lipinski definition) is 2. The van der Waals surface area contributed by atoms with Crippen molar-refractivity contribution in [1.29, 1.82) is 0 Å². The van der Waals surface area contributed by atoms with Crippen LogP contribution >= 0.6 is 0 Å². The van der Waals surface area contributed by atoms with Gasteiger partial charge in [0.25, 0.3) is 0 Å². The molecule has 1 atom stereocenters. The van der Waals surface area contributed by atoms with Gasteiger partial charge in [-0.05, 0) is 25.1 Å². The second kappa shape index (κ2) is 5.18. The summed E-state index contributed by atoms with van der Waals surface area (Å²) in [6.07, 6.45) is -0.456. The quantitative estimate of drug-likeness (QED) is 0.910. The van der Waals surface area contributed by atoms with Crippen LogP contribution in [0.3, 0.4) is 0 Å². The number of halogens is 3. The molecule has 1 unspecified atom stereocenters. The molecule has 0 saturated carbocycles. The monoisotopic (exact) mass is 296 g/mol. The van der Waals surface area contributed by atoms with E-state index >= 15 is 0 Å². The van der Waals surface area contributed by atoms with Crippen LogP contribution in [-0.2, 0) is 11.0 Å². The van der Waals surface area contributed by atoms with Crippen molar-refractivity contribution in [3.05, 3.63) is 35.4 Å². The predicted molar refractivity (Wildman–Crippen MR) is 73.9 cm³/mol. The van der Waals surface area contributed by atoms with Crippen molar-refractivity contribution in [3.8, 4) is 0 Å². The molecule has 112 valence electrons. The van der Waals surface area contributed by atoms with Crippen LogP contribution < -0.4 is 10.2 Å². The molecule has 1 N–H and O–H groups in total. The van der Waals surface area contributed by atoms with Gasteiger partial charge in [-0.1, -0.05) is 18.2 Å². The van der Waals surface area contributed by atoms with E-state index in [2.05, 4.69) is 5.32 Å². The summed E-state index contributed by atoms with van der Waals surface area (Å²) in [6.45, 7) is 1.30. The van der Waals surface area contributed by atoms with Gasteiger partial charge in [0, 0.05) is 24.6 Å². The minimum Gasteiger partial charge on any atom is -0.312 e. The van der Waals surface area contributed by atoms with Gasteiger partial charge in [0.15, 0.2) is 0 Å². The molecule has 1 saturated heterocycles. The Morgan fingerprint density at radius 1 is 1.33 bits per heavy atom. The molecule has 0 aromatic heterocycles. The Labute approximate surface area is 120 Å². The van der Waals surface area contributed by atoms with E-state index in [1.807, 2.05) is 0 Å². The second-order valence-corrected chi connectivity index (χ2v) is 5.29. The lowest BCUT2D eigenvalue weighted by molar-refractivity contribution is -0.137. The van der Waals surface area contributed by atoms with Crippen molar-refractivity contribution in [2.24, 2.45) is 0 Å². The maximum Gasteiger partial charge on any atom is 0.417 e. The van der Waals surface area contributed by atoms with Gasteiger partial charge in [-0.25, -0.2) is 0 Å². The third kappa shape index (κ3) is 2.68. The Morgan fingerprint density at radius 2 is 2.10 bits per heavy atom. The van der Waals surface area contributed by atoms with Crippen LogP contribution in [0, 0.1) is 0 Å². The number of fused-ring (bicyclic) bond motifs is 1. The molecule has 1 aromatic carbocycles. The second-order valence-electron chi connectivity index (χ2n) is 5.29. The molecule has 0 bridgehead atoms. The van der Waals surface area contributed by atoms with Crippen LogP contribution in [0.1, 0.15) is 24.0 Å². The molecule has 0 spiro atoms. The van der Waals surface area contributed by atoms with E-state index in [1.54, 1.807) is 6.07 Å². The highest BCUT2D eigenvalue weighted by molar-refractivity contribution is 5.99. The molecule has 2 aliphatic heterocycles. The van der Waals surface area contributed by atoms with E-state index in [1.165, 1.54) is 23.1 Å². The number of carbonyl (C=O) groups is 1. The van der Waals surface area contributed by atoms with E-state index in [9.17, 15) is 18.0 Å². The molecule has 2 heterocycles.